The minimum atomic E-state index is -4.96. The van der Waals surface area contributed by atoms with Gasteiger partial charge in [-0.05, 0) is 31.6 Å². The Morgan fingerprint density at radius 1 is 0.280 bits per heavy atom. The van der Waals surface area contributed by atoms with E-state index in [2.05, 4.69) is 34.6 Å². The lowest BCUT2D eigenvalue weighted by Gasteiger charge is -2.21. The van der Waals surface area contributed by atoms with Gasteiger partial charge in [0.05, 0.1) is 26.4 Å². The minimum Gasteiger partial charge on any atom is -0.462 e. The highest BCUT2D eigenvalue weighted by Gasteiger charge is 2.30. The molecule has 0 saturated carbocycles. The standard InChI is InChI=1S/C81H158O17P2/c1-6-10-13-16-19-21-23-25-27-29-31-32-33-35-37-39-41-43-45-51-56-61-66-80(85)97-77(71-92-79(84)65-60-55-50-44-42-40-38-36-34-30-28-26-24-22-20-17-14-11-7-2)73-96-100(89,90)94-69-75(82)68-93-99(87,88)95-72-76(70-91-78(83)64-59-54-48-18-15-12-8-3)98-81(86)67-62-57-52-47-46-49-53-58-63-74(5)9-4/h74-77,82H,6-73H2,1-5H3,(H,87,88)(H,89,90)/t74?,75-,76+,77+/m0/s1. The number of aliphatic hydroxyl groups is 1. The Morgan fingerprint density at radius 3 is 0.710 bits per heavy atom. The van der Waals surface area contributed by atoms with Crippen molar-refractivity contribution in [3.8, 4) is 0 Å². The summed E-state index contributed by atoms with van der Waals surface area (Å²) in [7, 11) is -9.91. The Bertz CT molecular complexity index is 1910. The lowest BCUT2D eigenvalue weighted by atomic mass is 9.99. The average molecular weight is 1470 g/mol. The van der Waals surface area contributed by atoms with Crippen LogP contribution in [0.4, 0.5) is 0 Å². The molecule has 100 heavy (non-hydrogen) atoms. The van der Waals surface area contributed by atoms with Crippen molar-refractivity contribution in [2.24, 2.45) is 5.92 Å². The zero-order valence-corrected chi connectivity index (χ0v) is 67.1. The molecule has 0 aromatic carbocycles. The Hall–Kier alpha value is -1.94. The number of ether oxygens (including phenoxy) is 4. The molecular weight excluding hydrogens is 1310 g/mol. The number of rotatable bonds is 81. The van der Waals surface area contributed by atoms with Gasteiger partial charge >= 0.3 is 39.5 Å². The van der Waals surface area contributed by atoms with Gasteiger partial charge in [0.25, 0.3) is 0 Å². The molecule has 0 aromatic rings. The molecule has 0 aromatic heterocycles. The van der Waals surface area contributed by atoms with Crippen LogP contribution >= 0.6 is 15.6 Å². The zero-order chi connectivity index (χ0) is 73.4. The van der Waals surface area contributed by atoms with Crippen LogP contribution in [-0.2, 0) is 65.4 Å². The first-order valence-electron chi connectivity index (χ1n) is 42.2. The monoisotopic (exact) mass is 1470 g/mol. The van der Waals surface area contributed by atoms with Gasteiger partial charge in [0.15, 0.2) is 12.2 Å². The van der Waals surface area contributed by atoms with E-state index in [4.69, 9.17) is 37.0 Å². The summed E-state index contributed by atoms with van der Waals surface area (Å²) in [5, 5.41) is 10.6. The highest BCUT2D eigenvalue weighted by Crippen LogP contribution is 2.45. The average Bonchev–Trinajstić information content (AvgIpc) is 0.917. The largest absolute Gasteiger partial charge is 0.472 e. The topological polar surface area (TPSA) is 237 Å². The van der Waals surface area contributed by atoms with Crippen LogP contribution in [0.5, 0.6) is 0 Å². The van der Waals surface area contributed by atoms with Gasteiger partial charge in [0.2, 0.25) is 0 Å². The Labute approximate surface area is 613 Å². The summed E-state index contributed by atoms with van der Waals surface area (Å²) >= 11 is 0. The predicted molar refractivity (Wildman–Crippen MR) is 409 cm³/mol. The van der Waals surface area contributed by atoms with Gasteiger partial charge in [-0.25, -0.2) is 9.13 Å². The van der Waals surface area contributed by atoms with Gasteiger partial charge < -0.3 is 33.8 Å². The molecule has 0 heterocycles. The Kier molecular flexibility index (Phi) is 72.5. The summed E-state index contributed by atoms with van der Waals surface area (Å²) in [6.45, 7) is 7.27. The van der Waals surface area contributed by atoms with E-state index in [9.17, 15) is 43.2 Å². The molecule has 3 unspecified atom stereocenters. The first kappa shape index (κ1) is 98.1. The number of esters is 4. The maximum absolute atomic E-state index is 13.1. The maximum atomic E-state index is 13.1. The molecule has 0 bridgehead atoms. The molecule has 0 aliphatic carbocycles. The van der Waals surface area contributed by atoms with E-state index < -0.39 is 97.5 Å². The predicted octanol–water partition coefficient (Wildman–Crippen LogP) is 24.4. The fourth-order valence-corrected chi connectivity index (χ4v) is 14.1. The maximum Gasteiger partial charge on any atom is 0.472 e. The van der Waals surface area contributed by atoms with Crippen LogP contribution in [0.1, 0.15) is 433 Å². The molecule has 0 saturated heterocycles. The second-order valence-electron chi connectivity index (χ2n) is 29.4. The van der Waals surface area contributed by atoms with Gasteiger partial charge in [-0.3, -0.25) is 37.3 Å². The van der Waals surface area contributed by atoms with Gasteiger partial charge in [0.1, 0.15) is 19.3 Å². The first-order chi connectivity index (χ1) is 48.6. The summed E-state index contributed by atoms with van der Waals surface area (Å²) in [5.74, 6) is -1.35. The van der Waals surface area contributed by atoms with Crippen LogP contribution < -0.4 is 0 Å². The number of phosphoric ester groups is 2. The lowest BCUT2D eigenvalue weighted by molar-refractivity contribution is -0.161. The van der Waals surface area contributed by atoms with E-state index in [1.54, 1.807) is 0 Å². The number of carbonyl (C=O) groups excluding carboxylic acids is 4. The van der Waals surface area contributed by atoms with E-state index in [1.165, 1.54) is 244 Å². The second-order valence-corrected chi connectivity index (χ2v) is 32.3. The molecule has 0 aliphatic rings. The molecule has 19 heteroatoms. The summed E-state index contributed by atoms with van der Waals surface area (Å²) < 4.78 is 68.6. The zero-order valence-electron chi connectivity index (χ0n) is 65.3. The Morgan fingerprint density at radius 2 is 0.480 bits per heavy atom. The highest BCUT2D eigenvalue weighted by atomic mass is 31.2. The van der Waals surface area contributed by atoms with Crippen molar-refractivity contribution in [3.05, 3.63) is 0 Å². The lowest BCUT2D eigenvalue weighted by Crippen LogP contribution is -2.30. The highest BCUT2D eigenvalue weighted by molar-refractivity contribution is 7.47. The summed E-state index contributed by atoms with van der Waals surface area (Å²) in [5.41, 5.74) is 0. The first-order valence-corrected chi connectivity index (χ1v) is 45.2. The molecule has 0 aliphatic heterocycles. The number of aliphatic hydroxyl groups excluding tert-OH is 1. The third-order valence-electron chi connectivity index (χ3n) is 19.4. The molecule has 0 fully saturated rings. The van der Waals surface area contributed by atoms with Crippen molar-refractivity contribution < 1.29 is 80.2 Å². The van der Waals surface area contributed by atoms with Crippen molar-refractivity contribution in [3.63, 3.8) is 0 Å². The van der Waals surface area contributed by atoms with Gasteiger partial charge in [0, 0.05) is 25.7 Å². The van der Waals surface area contributed by atoms with E-state index in [1.807, 2.05) is 0 Å². The van der Waals surface area contributed by atoms with Crippen LogP contribution in [0.15, 0.2) is 0 Å². The van der Waals surface area contributed by atoms with Crippen molar-refractivity contribution >= 4 is 39.5 Å². The quantitative estimate of drug-likeness (QED) is 0.0222. The molecule has 0 amide bonds. The SMILES string of the molecule is CCCCCCCCCCCCCCCCCCCCCCCCC(=O)O[C@H](COC(=O)CCCCCCCCCCCCCCCCCCCCC)COP(=O)(O)OC[C@@H](O)COP(=O)(O)OC[C@@H](COC(=O)CCCCCCCCC)OC(=O)CCCCCCCCCCC(C)CC. The number of unbranched alkanes of at least 4 members (excludes halogenated alkanes) is 52. The van der Waals surface area contributed by atoms with E-state index in [0.29, 0.717) is 25.7 Å². The van der Waals surface area contributed by atoms with E-state index in [0.717, 1.165) is 109 Å². The molecule has 0 spiro atoms. The van der Waals surface area contributed by atoms with Crippen molar-refractivity contribution in [2.45, 2.75) is 451 Å². The normalized spacial score (nSPS) is 14.1. The fraction of sp³-hybridized carbons (Fsp3) is 0.951. The van der Waals surface area contributed by atoms with Crippen LogP contribution in [0.25, 0.3) is 0 Å². The van der Waals surface area contributed by atoms with Gasteiger partial charge in [-0.1, -0.05) is 381 Å². The third kappa shape index (κ3) is 73.0. The van der Waals surface area contributed by atoms with Gasteiger partial charge in [-0.15, -0.1) is 0 Å². The van der Waals surface area contributed by atoms with Crippen LogP contribution in [0.3, 0.4) is 0 Å². The Balaban J connectivity index is 5.15. The summed E-state index contributed by atoms with van der Waals surface area (Å²) in [6.07, 6.45) is 65.6. The molecule has 0 radical (unpaired) electrons. The molecule has 6 atom stereocenters. The van der Waals surface area contributed by atoms with E-state index >= 15 is 0 Å². The smallest absolute Gasteiger partial charge is 0.462 e. The van der Waals surface area contributed by atoms with Gasteiger partial charge in [-0.2, -0.15) is 0 Å². The second kappa shape index (κ2) is 73.9. The van der Waals surface area contributed by atoms with Crippen molar-refractivity contribution in [1.82, 2.24) is 0 Å². The summed E-state index contributed by atoms with van der Waals surface area (Å²) in [4.78, 5) is 72.8. The van der Waals surface area contributed by atoms with Crippen molar-refractivity contribution in [2.75, 3.05) is 39.6 Å². The number of hydrogen-bond acceptors (Lipinski definition) is 15. The molecular formula is C81H158O17P2. The van der Waals surface area contributed by atoms with Crippen LogP contribution in [0, 0.1) is 5.92 Å². The molecule has 0 rings (SSSR count). The van der Waals surface area contributed by atoms with Crippen molar-refractivity contribution in [1.29, 1.82) is 0 Å². The summed E-state index contributed by atoms with van der Waals surface area (Å²) in [6, 6.07) is 0. The fourth-order valence-electron chi connectivity index (χ4n) is 12.6. The molecule has 17 nitrogen and oxygen atoms in total. The number of phosphoric acid groups is 2. The van der Waals surface area contributed by atoms with Crippen LogP contribution in [-0.4, -0.2) is 96.7 Å². The number of carbonyl (C=O) groups is 4. The van der Waals surface area contributed by atoms with E-state index in [-0.39, 0.29) is 25.7 Å². The number of hydrogen-bond donors (Lipinski definition) is 3. The van der Waals surface area contributed by atoms with Crippen LogP contribution in [0.2, 0.25) is 0 Å². The third-order valence-corrected chi connectivity index (χ3v) is 21.3. The molecule has 594 valence electrons. The molecule has 3 N–H and O–H groups in total. The minimum absolute atomic E-state index is 0.105.